The summed E-state index contributed by atoms with van der Waals surface area (Å²) in [6.07, 6.45) is 4.24. The highest BCUT2D eigenvalue weighted by Gasteiger charge is 2.08. The van der Waals surface area contributed by atoms with Crippen molar-refractivity contribution in [3.05, 3.63) is 53.0 Å². The van der Waals surface area contributed by atoms with Crippen LogP contribution in [0.5, 0.6) is 0 Å². The predicted molar refractivity (Wildman–Crippen MR) is 76.9 cm³/mol. The normalized spacial score (nSPS) is 10.3. The molecule has 5 heteroatoms. The van der Waals surface area contributed by atoms with E-state index in [4.69, 9.17) is 5.11 Å². The number of pyridine rings is 2. The molecule has 0 fully saturated rings. The van der Waals surface area contributed by atoms with E-state index in [1.165, 1.54) is 0 Å². The molecular weight excluding hydrogens is 254 g/mol. The molecule has 0 amide bonds. The van der Waals surface area contributed by atoms with Gasteiger partial charge in [-0.1, -0.05) is 6.92 Å². The zero-order chi connectivity index (χ0) is 14.5. The average Bonchev–Trinajstić information content (AvgIpc) is 2.46. The maximum atomic E-state index is 11.1. The van der Waals surface area contributed by atoms with Gasteiger partial charge in [0.2, 0.25) is 0 Å². The zero-order valence-electron chi connectivity index (χ0n) is 11.6. The van der Waals surface area contributed by atoms with Gasteiger partial charge in [0.25, 0.3) is 0 Å². The summed E-state index contributed by atoms with van der Waals surface area (Å²) in [6.45, 7) is 4.53. The molecule has 0 aromatic carbocycles. The Kier molecular flexibility index (Phi) is 4.30. The van der Waals surface area contributed by atoms with Crippen LogP contribution in [-0.4, -0.2) is 21.0 Å². The van der Waals surface area contributed by atoms with Crippen LogP contribution in [0.4, 0.5) is 5.82 Å². The van der Waals surface area contributed by atoms with E-state index in [1.54, 1.807) is 24.5 Å². The SMILES string of the molecule is CCc1cc(C(=O)O)cc(NCc2ccncc2C)n1. The maximum absolute atomic E-state index is 11.1. The van der Waals surface area contributed by atoms with Gasteiger partial charge in [-0.15, -0.1) is 0 Å². The van der Waals surface area contributed by atoms with Crippen LogP contribution in [-0.2, 0) is 13.0 Å². The molecule has 0 aliphatic carbocycles. The van der Waals surface area contributed by atoms with Gasteiger partial charge in [-0.05, 0) is 42.7 Å². The first-order valence-corrected chi connectivity index (χ1v) is 6.47. The van der Waals surface area contributed by atoms with Crippen LogP contribution in [0.2, 0.25) is 0 Å². The Labute approximate surface area is 117 Å². The molecule has 2 N–H and O–H groups in total. The van der Waals surface area contributed by atoms with E-state index < -0.39 is 5.97 Å². The number of aryl methyl sites for hydroxylation is 2. The van der Waals surface area contributed by atoms with Crippen molar-refractivity contribution < 1.29 is 9.90 Å². The number of carboxylic acids is 1. The number of rotatable bonds is 5. The molecule has 0 saturated carbocycles. The van der Waals surface area contributed by atoms with E-state index >= 15 is 0 Å². The van der Waals surface area contributed by atoms with Crippen LogP contribution >= 0.6 is 0 Å². The number of hydrogen-bond donors (Lipinski definition) is 2. The fraction of sp³-hybridized carbons (Fsp3) is 0.267. The molecule has 2 rings (SSSR count). The summed E-state index contributed by atoms with van der Waals surface area (Å²) in [5.41, 5.74) is 3.22. The Hall–Kier alpha value is -2.43. The van der Waals surface area contributed by atoms with Crippen LogP contribution in [0.1, 0.15) is 34.1 Å². The Morgan fingerprint density at radius 3 is 2.85 bits per heavy atom. The minimum absolute atomic E-state index is 0.255. The first-order chi connectivity index (χ1) is 9.60. The monoisotopic (exact) mass is 271 g/mol. The number of hydrogen-bond acceptors (Lipinski definition) is 4. The Morgan fingerprint density at radius 1 is 1.40 bits per heavy atom. The van der Waals surface area contributed by atoms with E-state index in [-0.39, 0.29) is 5.56 Å². The van der Waals surface area contributed by atoms with Crippen LogP contribution < -0.4 is 5.32 Å². The van der Waals surface area contributed by atoms with Gasteiger partial charge < -0.3 is 10.4 Å². The quantitative estimate of drug-likeness (QED) is 0.874. The van der Waals surface area contributed by atoms with E-state index in [0.29, 0.717) is 18.8 Å². The zero-order valence-corrected chi connectivity index (χ0v) is 11.6. The van der Waals surface area contributed by atoms with E-state index in [2.05, 4.69) is 15.3 Å². The van der Waals surface area contributed by atoms with Crippen molar-refractivity contribution >= 4 is 11.8 Å². The highest BCUT2D eigenvalue weighted by molar-refractivity contribution is 5.88. The van der Waals surface area contributed by atoms with Crippen molar-refractivity contribution in [3.8, 4) is 0 Å². The Bertz CT molecular complexity index is 626. The van der Waals surface area contributed by atoms with Crippen molar-refractivity contribution in [2.45, 2.75) is 26.8 Å². The topological polar surface area (TPSA) is 75.1 Å². The molecule has 0 bridgehead atoms. The number of aromatic nitrogens is 2. The van der Waals surface area contributed by atoms with Crippen molar-refractivity contribution in [3.63, 3.8) is 0 Å². The van der Waals surface area contributed by atoms with Crippen molar-refractivity contribution in [2.24, 2.45) is 0 Å². The summed E-state index contributed by atoms with van der Waals surface area (Å²) in [5, 5.41) is 12.3. The second-order valence-corrected chi connectivity index (χ2v) is 4.55. The van der Waals surface area contributed by atoms with Gasteiger partial charge in [-0.3, -0.25) is 4.98 Å². The molecule has 5 nitrogen and oxygen atoms in total. The Morgan fingerprint density at radius 2 is 2.20 bits per heavy atom. The smallest absolute Gasteiger partial charge is 0.335 e. The van der Waals surface area contributed by atoms with E-state index in [1.807, 2.05) is 19.9 Å². The molecule has 0 atom stereocenters. The lowest BCUT2D eigenvalue weighted by molar-refractivity contribution is 0.0696. The first-order valence-electron chi connectivity index (χ1n) is 6.47. The molecular formula is C15H17N3O2. The lowest BCUT2D eigenvalue weighted by Gasteiger charge is -2.10. The fourth-order valence-electron chi connectivity index (χ4n) is 1.87. The summed E-state index contributed by atoms with van der Waals surface area (Å²) >= 11 is 0. The summed E-state index contributed by atoms with van der Waals surface area (Å²) in [4.78, 5) is 19.5. The van der Waals surface area contributed by atoms with Gasteiger partial charge >= 0.3 is 5.97 Å². The molecule has 2 heterocycles. The lowest BCUT2D eigenvalue weighted by Crippen LogP contribution is -2.07. The second kappa shape index (κ2) is 6.14. The number of anilines is 1. The summed E-state index contributed by atoms with van der Waals surface area (Å²) in [5.74, 6) is -0.358. The largest absolute Gasteiger partial charge is 0.478 e. The molecule has 2 aromatic rings. The summed E-state index contributed by atoms with van der Waals surface area (Å²) in [6, 6.07) is 5.09. The standard InChI is InChI=1S/C15H17N3O2/c1-3-13-6-12(15(19)20)7-14(18-13)17-9-11-4-5-16-8-10(11)2/h4-8H,3,9H2,1-2H3,(H,17,18)(H,19,20). The third-order valence-corrected chi connectivity index (χ3v) is 3.08. The average molecular weight is 271 g/mol. The van der Waals surface area contributed by atoms with Crippen LogP contribution in [0, 0.1) is 6.92 Å². The van der Waals surface area contributed by atoms with Crippen LogP contribution in [0.25, 0.3) is 0 Å². The van der Waals surface area contributed by atoms with Gasteiger partial charge in [0, 0.05) is 24.6 Å². The van der Waals surface area contributed by atoms with E-state index in [0.717, 1.165) is 16.8 Å². The number of nitrogens with one attached hydrogen (secondary N) is 1. The molecule has 0 unspecified atom stereocenters. The number of aromatic carboxylic acids is 1. The minimum Gasteiger partial charge on any atom is -0.478 e. The highest BCUT2D eigenvalue weighted by atomic mass is 16.4. The third-order valence-electron chi connectivity index (χ3n) is 3.08. The van der Waals surface area contributed by atoms with Crippen molar-refractivity contribution in [1.82, 2.24) is 9.97 Å². The fourth-order valence-corrected chi connectivity index (χ4v) is 1.87. The van der Waals surface area contributed by atoms with Crippen LogP contribution in [0.15, 0.2) is 30.6 Å². The highest BCUT2D eigenvalue weighted by Crippen LogP contribution is 2.13. The second-order valence-electron chi connectivity index (χ2n) is 4.55. The number of nitrogens with zero attached hydrogens (tertiary/aromatic N) is 2. The van der Waals surface area contributed by atoms with Gasteiger partial charge in [0.1, 0.15) is 5.82 Å². The molecule has 0 spiro atoms. The van der Waals surface area contributed by atoms with Gasteiger partial charge in [-0.25, -0.2) is 9.78 Å². The predicted octanol–water partition coefficient (Wildman–Crippen LogP) is 2.66. The molecule has 0 saturated heterocycles. The number of carbonyl (C=O) groups is 1. The summed E-state index contributed by atoms with van der Waals surface area (Å²) in [7, 11) is 0. The summed E-state index contributed by atoms with van der Waals surface area (Å²) < 4.78 is 0. The molecule has 104 valence electrons. The molecule has 0 aliphatic rings. The van der Waals surface area contributed by atoms with Crippen molar-refractivity contribution in [1.29, 1.82) is 0 Å². The lowest BCUT2D eigenvalue weighted by atomic mass is 10.1. The third kappa shape index (κ3) is 3.32. The van der Waals surface area contributed by atoms with Crippen molar-refractivity contribution in [2.75, 3.05) is 5.32 Å². The molecule has 20 heavy (non-hydrogen) atoms. The Balaban J connectivity index is 2.19. The molecule has 2 aromatic heterocycles. The number of carboxylic acid groups (broad SMARTS) is 1. The van der Waals surface area contributed by atoms with E-state index in [9.17, 15) is 4.79 Å². The first kappa shape index (κ1) is 14.0. The molecule has 0 radical (unpaired) electrons. The van der Waals surface area contributed by atoms with Gasteiger partial charge in [-0.2, -0.15) is 0 Å². The van der Waals surface area contributed by atoms with Gasteiger partial charge in [0.15, 0.2) is 0 Å². The van der Waals surface area contributed by atoms with Crippen LogP contribution in [0.3, 0.4) is 0 Å². The van der Waals surface area contributed by atoms with Gasteiger partial charge in [0.05, 0.1) is 5.56 Å². The minimum atomic E-state index is -0.940. The molecule has 0 aliphatic heterocycles. The maximum Gasteiger partial charge on any atom is 0.335 e.